The van der Waals surface area contributed by atoms with Crippen molar-refractivity contribution in [2.45, 2.75) is 11.3 Å². The van der Waals surface area contributed by atoms with Gasteiger partial charge in [-0.2, -0.15) is 0 Å². The van der Waals surface area contributed by atoms with E-state index in [0.29, 0.717) is 28.9 Å². The molecule has 0 bridgehead atoms. The van der Waals surface area contributed by atoms with Crippen molar-refractivity contribution in [1.29, 1.82) is 0 Å². The van der Waals surface area contributed by atoms with Crippen molar-refractivity contribution >= 4 is 39.1 Å². The number of hydrogen-bond acceptors (Lipinski definition) is 7. The van der Waals surface area contributed by atoms with E-state index in [-0.39, 0.29) is 23.9 Å². The number of ether oxygens (including phenoxy) is 1. The lowest BCUT2D eigenvalue weighted by molar-refractivity contribution is -0.123. The Labute approximate surface area is 179 Å². The van der Waals surface area contributed by atoms with E-state index in [1.54, 1.807) is 24.5 Å². The predicted molar refractivity (Wildman–Crippen MR) is 114 cm³/mol. The van der Waals surface area contributed by atoms with E-state index >= 15 is 0 Å². The number of rotatable bonds is 5. The Kier molecular flexibility index (Phi) is 6.56. The molecule has 0 unspecified atom stereocenters. The average molecular weight is 446 g/mol. The Morgan fingerprint density at radius 2 is 2.06 bits per heavy atom. The summed E-state index contributed by atoms with van der Waals surface area (Å²) >= 11 is 0. The lowest BCUT2D eigenvalue weighted by Crippen LogP contribution is -2.25. The van der Waals surface area contributed by atoms with Gasteiger partial charge in [-0.3, -0.25) is 14.6 Å². The van der Waals surface area contributed by atoms with Crippen LogP contribution in [0.15, 0.2) is 47.6 Å². The summed E-state index contributed by atoms with van der Waals surface area (Å²) in [4.78, 5) is 26.3. The van der Waals surface area contributed by atoms with E-state index < -0.39 is 10.0 Å². The number of nitrogens with one attached hydrogen (secondary N) is 1. The second kappa shape index (κ2) is 9.14. The van der Waals surface area contributed by atoms with Crippen LogP contribution in [-0.4, -0.2) is 67.0 Å². The molecule has 0 fully saturated rings. The fourth-order valence-corrected chi connectivity index (χ4v) is 4.54. The number of carboxylic acid groups (broad SMARTS) is 1. The van der Waals surface area contributed by atoms with Gasteiger partial charge in [0.25, 0.3) is 22.4 Å². The van der Waals surface area contributed by atoms with Crippen molar-refractivity contribution < 1.29 is 27.9 Å². The van der Waals surface area contributed by atoms with Crippen LogP contribution in [0.1, 0.15) is 5.56 Å². The van der Waals surface area contributed by atoms with Crippen LogP contribution in [0.5, 0.6) is 5.75 Å². The highest BCUT2D eigenvalue weighted by Gasteiger charge is 2.25. The van der Waals surface area contributed by atoms with Gasteiger partial charge in [0, 0.05) is 25.0 Å². The van der Waals surface area contributed by atoms with E-state index in [9.17, 15) is 13.2 Å². The molecule has 3 heterocycles. The summed E-state index contributed by atoms with van der Waals surface area (Å²) in [7, 11) is 0.0751. The molecule has 1 aliphatic heterocycles. The molecule has 1 aliphatic rings. The average Bonchev–Trinajstić information content (AvgIpc) is 3.12. The molecule has 11 heteroatoms. The first-order valence-electron chi connectivity index (χ1n) is 9.27. The smallest absolute Gasteiger partial charge is 0.290 e. The number of carbonyl (C=O) groups excluding carboxylic acids is 1. The van der Waals surface area contributed by atoms with E-state index in [1.807, 2.05) is 19.0 Å². The fraction of sp³-hybridized carbons (Fsp3) is 0.250. The minimum absolute atomic E-state index is 0.0855. The predicted octanol–water partition coefficient (Wildman–Crippen LogP) is 1.41. The molecule has 0 aliphatic carbocycles. The molecule has 1 aromatic carbocycles. The number of aromatic nitrogens is 2. The zero-order valence-corrected chi connectivity index (χ0v) is 17.8. The molecule has 0 saturated carbocycles. The molecule has 3 aromatic rings. The molecule has 2 N–H and O–H groups in total. The molecule has 31 heavy (non-hydrogen) atoms. The maximum atomic E-state index is 13.3. The normalized spacial score (nSPS) is 13.1. The highest BCUT2D eigenvalue weighted by molar-refractivity contribution is 7.90. The van der Waals surface area contributed by atoms with Gasteiger partial charge in [0.2, 0.25) is 0 Å². The molecule has 0 atom stereocenters. The summed E-state index contributed by atoms with van der Waals surface area (Å²) in [5.74, 6) is 0.0687. The number of anilines is 1. The molecular formula is C20H22N4O6S. The SMILES string of the molecule is CN(C)CCc1cn(S(=O)(=O)c2ccc3c(c2)OCC(=O)N3)c2cccnc12.O=CO. The van der Waals surface area contributed by atoms with E-state index in [1.165, 1.54) is 22.2 Å². The summed E-state index contributed by atoms with van der Waals surface area (Å²) in [5.41, 5.74) is 2.54. The molecule has 10 nitrogen and oxygen atoms in total. The highest BCUT2D eigenvalue weighted by Crippen LogP contribution is 2.32. The zero-order chi connectivity index (χ0) is 22.6. The van der Waals surface area contributed by atoms with E-state index in [2.05, 4.69) is 10.3 Å². The van der Waals surface area contributed by atoms with Gasteiger partial charge in [-0.05, 0) is 50.3 Å². The molecule has 4 rings (SSSR count). The zero-order valence-electron chi connectivity index (χ0n) is 17.0. The minimum Gasteiger partial charge on any atom is -0.483 e. The van der Waals surface area contributed by atoms with Crippen molar-refractivity contribution in [1.82, 2.24) is 13.9 Å². The summed E-state index contributed by atoms with van der Waals surface area (Å²) in [6, 6.07) is 7.90. The Balaban J connectivity index is 0.000000858. The Bertz CT molecular complexity index is 1220. The van der Waals surface area contributed by atoms with Crippen LogP contribution >= 0.6 is 0 Å². The van der Waals surface area contributed by atoms with Crippen LogP contribution in [0.3, 0.4) is 0 Å². The van der Waals surface area contributed by atoms with Crippen molar-refractivity contribution in [3.05, 3.63) is 48.3 Å². The van der Waals surface area contributed by atoms with Crippen LogP contribution in [-0.2, 0) is 26.0 Å². The first kappa shape index (κ1) is 22.2. The van der Waals surface area contributed by atoms with Gasteiger partial charge in [0.1, 0.15) is 5.75 Å². The second-order valence-corrected chi connectivity index (χ2v) is 8.79. The quantitative estimate of drug-likeness (QED) is 0.563. The number of nitrogens with zero attached hydrogens (tertiary/aromatic N) is 3. The third-order valence-corrected chi connectivity index (χ3v) is 6.24. The van der Waals surface area contributed by atoms with Gasteiger partial charge in [-0.1, -0.05) is 0 Å². The molecule has 0 saturated heterocycles. The van der Waals surface area contributed by atoms with Crippen molar-refractivity contribution in [2.24, 2.45) is 0 Å². The van der Waals surface area contributed by atoms with Crippen molar-refractivity contribution in [3.63, 3.8) is 0 Å². The van der Waals surface area contributed by atoms with Gasteiger partial charge < -0.3 is 20.1 Å². The van der Waals surface area contributed by atoms with Crippen molar-refractivity contribution in [2.75, 3.05) is 32.6 Å². The van der Waals surface area contributed by atoms with Gasteiger partial charge in [0.05, 0.1) is 21.6 Å². The number of hydrogen-bond donors (Lipinski definition) is 2. The summed E-state index contributed by atoms with van der Waals surface area (Å²) in [6.45, 7) is 0.393. The van der Waals surface area contributed by atoms with Gasteiger partial charge >= 0.3 is 0 Å². The monoisotopic (exact) mass is 446 g/mol. The maximum Gasteiger partial charge on any atom is 0.290 e. The Morgan fingerprint density at radius 3 is 2.77 bits per heavy atom. The number of benzene rings is 1. The third-order valence-electron chi connectivity index (χ3n) is 4.57. The topological polar surface area (TPSA) is 131 Å². The lowest BCUT2D eigenvalue weighted by atomic mass is 10.2. The standard InChI is InChI=1S/C19H20N4O4S.CH2O2/c1-22(2)9-7-13-11-23(16-4-3-8-20-19(13)16)28(25,26)14-5-6-15-17(10-14)27-12-18(24)21-15;2-1-3/h3-6,8,10-11H,7,9,12H2,1-2H3,(H,21,24);1H,(H,2,3). The second-order valence-electron chi connectivity index (χ2n) is 6.98. The third kappa shape index (κ3) is 4.67. The fourth-order valence-electron chi connectivity index (χ4n) is 3.15. The first-order valence-corrected chi connectivity index (χ1v) is 10.7. The maximum absolute atomic E-state index is 13.3. The molecule has 1 amide bonds. The van der Waals surface area contributed by atoms with Gasteiger partial charge in [-0.25, -0.2) is 12.4 Å². The molecule has 2 aromatic heterocycles. The number of amides is 1. The number of pyridine rings is 1. The largest absolute Gasteiger partial charge is 0.483 e. The van der Waals surface area contributed by atoms with E-state index in [0.717, 1.165) is 12.1 Å². The molecular weight excluding hydrogens is 424 g/mol. The molecule has 0 spiro atoms. The van der Waals surface area contributed by atoms with Crippen LogP contribution in [0, 0.1) is 0 Å². The summed E-state index contributed by atoms with van der Waals surface area (Å²) in [6.07, 6.45) is 3.98. The molecule has 0 radical (unpaired) electrons. The van der Waals surface area contributed by atoms with Crippen LogP contribution in [0.25, 0.3) is 11.0 Å². The van der Waals surface area contributed by atoms with Crippen LogP contribution < -0.4 is 10.1 Å². The van der Waals surface area contributed by atoms with Crippen LogP contribution in [0.2, 0.25) is 0 Å². The number of likely N-dealkylation sites (N-methyl/N-ethyl adjacent to an activating group) is 1. The highest BCUT2D eigenvalue weighted by atomic mass is 32.2. The minimum atomic E-state index is -3.86. The number of carbonyl (C=O) groups is 2. The number of fused-ring (bicyclic) bond motifs is 2. The Morgan fingerprint density at radius 1 is 1.32 bits per heavy atom. The Hall–Kier alpha value is -3.44. The van der Waals surface area contributed by atoms with Crippen LogP contribution in [0.4, 0.5) is 5.69 Å². The lowest BCUT2D eigenvalue weighted by Gasteiger charge is -2.18. The van der Waals surface area contributed by atoms with Crippen molar-refractivity contribution in [3.8, 4) is 5.75 Å². The summed E-state index contributed by atoms with van der Waals surface area (Å²) < 4.78 is 33.3. The van der Waals surface area contributed by atoms with Gasteiger partial charge in [-0.15, -0.1) is 0 Å². The van der Waals surface area contributed by atoms with E-state index in [4.69, 9.17) is 14.6 Å². The molecule has 164 valence electrons. The summed E-state index contributed by atoms with van der Waals surface area (Å²) in [5, 5.41) is 9.55. The first-order chi connectivity index (χ1) is 14.8. The van der Waals surface area contributed by atoms with Gasteiger partial charge in [0.15, 0.2) is 6.61 Å².